The van der Waals surface area contributed by atoms with Crippen LogP contribution >= 0.6 is 24.0 Å². The second-order valence-corrected chi connectivity index (χ2v) is 6.78. The van der Waals surface area contributed by atoms with Crippen LogP contribution in [0.15, 0.2) is 82.5 Å². The van der Waals surface area contributed by atoms with Gasteiger partial charge in [0.25, 0.3) is 0 Å². The van der Waals surface area contributed by atoms with Crippen LogP contribution in [0.4, 0.5) is 0 Å². The molecule has 0 spiro atoms. The first-order valence-electron chi connectivity index (χ1n) is 9.82. The van der Waals surface area contributed by atoms with Gasteiger partial charge in [-0.05, 0) is 36.1 Å². The molecule has 7 heteroatoms. The number of fused-ring (bicyclic) bond motifs is 1. The van der Waals surface area contributed by atoms with Crippen LogP contribution < -0.4 is 10.6 Å². The Labute approximate surface area is 193 Å². The summed E-state index contributed by atoms with van der Waals surface area (Å²) in [6.07, 6.45) is 4.83. The number of aliphatic imine (C=N–C) groups is 1. The van der Waals surface area contributed by atoms with Gasteiger partial charge in [-0.3, -0.25) is 4.99 Å². The normalized spacial score (nSPS) is 11.3. The first kappa shape index (κ1) is 21.9. The lowest BCUT2D eigenvalue weighted by molar-refractivity contribution is 0.572. The number of aryl methyl sites for hydroxylation is 1. The van der Waals surface area contributed by atoms with Crippen LogP contribution in [0.25, 0.3) is 22.4 Å². The summed E-state index contributed by atoms with van der Waals surface area (Å²) in [5.41, 5.74) is 3.08. The van der Waals surface area contributed by atoms with E-state index in [1.165, 1.54) is 10.9 Å². The topological polar surface area (TPSA) is 67.4 Å². The molecule has 0 saturated heterocycles. The van der Waals surface area contributed by atoms with Crippen LogP contribution in [0.1, 0.15) is 12.1 Å². The Morgan fingerprint density at radius 2 is 1.83 bits per heavy atom. The lowest BCUT2D eigenvalue weighted by atomic mass is 10.2. The van der Waals surface area contributed by atoms with Gasteiger partial charge in [0.05, 0.1) is 12.2 Å². The van der Waals surface area contributed by atoms with E-state index in [0.717, 1.165) is 36.7 Å². The maximum absolute atomic E-state index is 5.58. The average molecular weight is 515 g/mol. The van der Waals surface area contributed by atoms with Crippen LogP contribution in [-0.2, 0) is 13.1 Å². The molecule has 0 aliphatic rings. The van der Waals surface area contributed by atoms with Crippen LogP contribution in [0.5, 0.6) is 0 Å². The number of oxazole rings is 1. The molecule has 2 N–H and O–H groups in total. The molecule has 0 aliphatic carbocycles. The van der Waals surface area contributed by atoms with E-state index in [4.69, 9.17) is 4.42 Å². The molecule has 4 aromatic rings. The minimum absolute atomic E-state index is 0. The average Bonchev–Trinajstić information content (AvgIpc) is 3.41. The third kappa shape index (κ3) is 5.41. The Hall–Kier alpha value is -2.81. The van der Waals surface area contributed by atoms with Gasteiger partial charge in [0, 0.05) is 37.4 Å². The van der Waals surface area contributed by atoms with Crippen molar-refractivity contribution in [3.63, 3.8) is 0 Å². The summed E-state index contributed by atoms with van der Waals surface area (Å²) in [5, 5.41) is 7.92. The predicted molar refractivity (Wildman–Crippen MR) is 132 cm³/mol. The molecular formula is C23H26IN5O. The fourth-order valence-electron chi connectivity index (χ4n) is 3.29. The zero-order chi connectivity index (χ0) is 19.9. The number of nitrogens with zero attached hydrogens (tertiary/aromatic N) is 3. The van der Waals surface area contributed by atoms with Gasteiger partial charge in [-0.25, -0.2) is 4.98 Å². The van der Waals surface area contributed by atoms with Gasteiger partial charge in [0.1, 0.15) is 6.26 Å². The molecule has 2 heterocycles. The predicted octanol–water partition coefficient (Wildman–Crippen LogP) is 4.67. The van der Waals surface area contributed by atoms with E-state index in [1.54, 1.807) is 13.3 Å². The van der Waals surface area contributed by atoms with Crippen molar-refractivity contribution in [1.82, 2.24) is 20.2 Å². The van der Waals surface area contributed by atoms with E-state index >= 15 is 0 Å². The number of hydrogen-bond donors (Lipinski definition) is 2. The fraction of sp³-hybridized carbons (Fsp3) is 0.217. The first-order chi connectivity index (χ1) is 14.3. The number of guanidine groups is 1. The molecule has 6 nitrogen and oxygen atoms in total. The van der Waals surface area contributed by atoms with Crippen LogP contribution in [0, 0.1) is 0 Å². The standard InChI is InChI=1S/C23H25N5O.HI/c1-24-23(25-13-7-14-28-15-12-18-8-5-6-11-21(18)28)26-16-20-17-29-22(27-20)19-9-3-2-4-10-19;/h2-6,8-12,15,17H,7,13-14,16H2,1H3,(H2,24,25,26);1H. The van der Waals surface area contributed by atoms with Crippen molar-refractivity contribution in [3.8, 4) is 11.5 Å². The van der Waals surface area contributed by atoms with Crippen LogP contribution in [0.2, 0.25) is 0 Å². The van der Waals surface area contributed by atoms with E-state index in [9.17, 15) is 0 Å². The Morgan fingerprint density at radius 3 is 2.67 bits per heavy atom. The molecule has 2 aromatic heterocycles. The van der Waals surface area contributed by atoms with Gasteiger partial charge in [-0.1, -0.05) is 36.4 Å². The van der Waals surface area contributed by atoms with Crippen molar-refractivity contribution in [2.45, 2.75) is 19.5 Å². The lowest BCUT2D eigenvalue weighted by Crippen LogP contribution is -2.37. The van der Waals surface area contributed by atoms with Gasteiger partial charge in [0.15, 0.2) is 5.96 Å². The first-order valence-corrected chi connectivity index (χ1v) is 9.82. The van der Waals surface area contributed by atoms with Gasteiger partial charge in [0.2, 0.25) is 5.89 Å². The third-order valence-corrected chi connectivity index (χ3v) is 4.78. The van der Waals surface area contributed by atoms with Crippen LogP contribution in [0.3, 0.4) is 0 Å². The number of halogens is 1. The molecule has 30 heavy (non-hydrogen) atoms. The number of para-hydroxylation sites is 1. The van der Waals surface area contributed by atoms with Gasteiger partial charge in [-0.15, -0.1) is 24.0 Å². The second-order valence-electron chi connectivity index (χ2n) is 6.78. The smallest absolute Gasteiger partial charge is 0.226 e. The molecule has 0 saturated carbocycles. The molecule has 0 fully saturated rings. The molecule has 0 unspecified atom stereocenters. The van der Waals surface area contributed by atoms with Crippen LogP contribution in [-0.4, -0.2) is 29.1 Å². The van der Waals surface area contributed by atoms with Crippen molar-refractivity contribution < 1.29 is 4.42 Å². The maximum Gasteiger partial charge on any atom is 0.226 e. The highest BCUT2D eigenvalue weighted by atomic mass is 127. The summed E-state index contributed by atoms with van der Waals surface area (Å²) >= 11 is 0. The Kier molecular flexibility index (Phi) is 7.89. The number of rotatable bonds is 7. The van der Waals surface area contributed by atoms with Gasteiger partial charge < -0.3 is 19.6 Å². The number of hydrogen-bond acceptors (Lipinski definition) is 3. The number of aromatic nitrogens is 2. The van der Waals surface area contributed by atoms with Crippen molar-refractivity contribution >= 4 is 40.8 Å². The highest BCUT2D eigenvalue weighted by Gasteiger charge is 2.07. The molecular weight excluding hydrogens is 489 g/mol. The van der Waals surface area contributed by atoms with Gasteiger partial charge >= 0.3 is 0 Å². The summed E-state index contributed by atoms with van der Waals surface area (Å²) in [6.45, 7) is 2.35. The number of benzene rings is 2. The lowest BCUT2D eigenvalue weighted by Gasteiger charge is -2.11. The fourth-order valence-corrected chi connectivity index (χ4v) is 3.29. The van der Waals surface area contributed by atoms with Crippen molar-refractivity contribution in [2.24, 2.45) is 4.99 Å². The van der Waals surface area contributed by atoms with Crippen molar-refractivity contribution in [3.05, 3.63) is 78.8 Å². The van der Waals surface area contributed by atoms with E-state index in [-0.39, 0.29) is 24.0 Å². The Bertz CT molecular complexity index is 1090. The molecule has 0 atom stereocenters. The highest BCUT2D eigenvalue weighted by molar-refractivity contribution is 14.0. The molecule has 4 rings (SSSR count). The minimum atomic E-state index is 0. The molecule has 0 radical (unpaired) electrons. The van der Waals surface area contributed by atoms with E-state index < -0.39 is 0 Å². The van der Waals surface area contributed by atoms with E-state index in [2.05, 4.69) is 61.7 Å². The van der Waals surface area contributed by atoms with E-state index in [0.29, 0.717) is 12.4 Å². The second kappa shape index (κ2) is 10.8. The van der Waals surface area contributed by atoms with Crippen molar-refractivity contribution in [2.75, 3.05) is 13.6 Å². The molecule has 156 valence electrons. The van der Waals surface area contributed by atoms with Gasteiger partial charge in [-0.2, -0.15) is 0 Å². The zero-order valence-electron chi connectivity index (χ0n) is 16.9. The molecule has 0 amide bonds. The van der Waals surface area contributed by atoms with E-state index in [1.807, 2.05) is 30.3 Å². The molecule has 0 aliphatic heterocycles. The maximum atomic E-state index is 5.58. The quantitative estimate of drug-likeness (QED) is 0.163. The third-order valence-electron chi connectivity index (χ3n) is 4.78. The zero-order valence-corrected chi connectivity index (χ0v) is 19.2. The Morgan fingerprint density at radius 1 is 1.03 bits per heavy atom. The van der Waals surface area contributed by atoms with Crippen molar-refractivity contribution in [1.29, 1.82) is 0 Å². The summed E-state index contributed by atoms with van der Waals surface area (Å²) < 4.78 is 7.86. The number of nitrogens with one attached hydrogen (secondary N) is 2. The summed E-state index contributed by atoms with van der Waals surface area (Å²) in [7, 11) is 1.77. The highest BCUT2D eigenvalue weighted by Crippen LogP contribution is 2.18. The summed E-state index contributed by atoms with van der Waals surface area (Å²) in [4.78, 5) is 8.81. The molecule has 2 aromatic carbocycles. The SMILES string of the molecule is CN=C(NCCCn1ccc2ccccc21)NCc1coc(-c2ccccc2)n1.I. The molecule has 0 bridgehead atoms. The summed E-state index contributed by atoms with van der Waals surface area (Å²) in [6, 6.07) is 20.5. The minimum Gasteiger partial charge on any atom is -0.444 e. The monoisotopic (exact) mass is 515 g/mol. The largest absolute Gasteiger partial charge is 0.444 e. The summed E-state index contributed by atoms with van der Waals surface area (Å²) in [5.74, 6) is 1.39. The Balaban J connectivity index is 0.00000256.